The van der Waals surface area contributed by atoms with Crippen molar-refractivity contribution in [3.8, 4) is 23.0 Å². The molecule has 0 radical (unpaired) electrons. The maximum absolute atomic E-state index is 5.93. The van der Waals surface area contributed by atoms with Gasteiger partial charge in [-0.15, -0.1) is 5.10 Å². The van der Waals surface area contributed by atoms with Crippen molar-refractivity contribution in [3.63, 3.8) is 0 Å². The van der Waals surface area contributed by atoms with E-state index >= 15 is 0 Å². The lowest BCUT2D eigenvalue weighted by molar-refractivity contribution is 0.252. The third-order valence-corrected chi connectivity index (χ3v) is 4.09. The quantitative estimate of drug-likeness (QED) is 0.762. The molecule has 1 unspecified atom stereocenters. The number of aromatic nitrogens is 4. The fourth-order valence-corrected chi connectivity index (χ4v) is 2.94. The zero-order chi connectivity index (χ0) is 17.4. The first kappa shape index (κ1) is 15.5. The number of aryl methyl sites for hydroxylation is 1. The van der Waals surface area contributed by atoms with Gasteiger partial charge in [0.2, 0.25) is 0 Å². The molecule has 0 saturated carbocycles. The average Bonchev–Trinajstić information content (AvgIpc) is 3.30. The van der Waals surface area contributed by atoms with Crippen LogP contribution >= 0.6 is 0 Å². The van der Waals surface area contributed by atoms with Gasteiger partial charge in [-0.2, -0.15) is 5.10 Å². The van der Waals surface area contributed by atoms with Crippen molar-refractivity contribution in [3.05, 3.63) is 35.7 Å². The Morgan fingerprint density at radius 1 is 1.36 bits per heavy atom. The van der Waals surface area contributed by atoms with Crippen LogP contribution in [0.4, 0.5) is 6.01 Å². The summed E-state index contributed by atoms with van der Waals surface area (Å²) in [5.41, 5.74) is 2.94. The molecule has 1 atom stereocenters. The molecule has 0 spiro atoms. The van der Waals surface area contributed by atoms with Crippen molar-refractivity contribution in [1.82, 2.24) is 20.0 Å². The second kappa shape index (κ2) is 6.12. The van der Waals surface area contributed by atoms with Crippen molar-refractivity contribution in [1.29, 1.82) is 0 Å². The molecule has 0 amide bonds. The van der Waals surface area contributed by atoms with E-state index < -0.39 is 0 Å². The molecule has 0 fully saturated rings. The molecule has 8 nitrogen and oxygen atoms in total. The summed E-state index contributed by atoms with van der Waals surface area (Å²) in [4.78, 5) is 0. The molecule has 8 heteroatoms. The maximum Gasteiger partial charge on any atom is 0.316 e. The zero-order valence-corrected chi connectivity index (χ0v) is 14.3. The van der Waals surface area contributed by atoms with E-state index in [-0.39, 0.29) is 6.10 Å². The summed E-state index contributed by atoms with van der Waals surface area (Å²) in [6.45, 7) is 2.56. The van der Waals surface area contributed by atoms with Crippen LogP contribution in [0.3, 0.4) is 0 Å². The van der Waals surface area contributed by atoms with Gasteiger partial charge in [0, 0.05) is 37.3 Å². The Kier molecular flexibility index (Phi) is 3.79. The fraction of sp³-hybridized carbons (Fsp3) is 0.353. The molecule has 1 aliphatic heterocycles. The summed E-state index contributed by atoms with van der Waals surface area (Å²) >= 11 is 0. The lowest BCUT2D eigenvalue weighted by Gasteiger charge is -2.11. The minimum atomic E-state index is 0.168. The monoisotopic (exact) mass is 341 g/mol. The highest BCUT2D eigenvalue weighted by Crippen LogP contribution is 2.36. The van der Waals surface area contributed by atoms with E-state index in [1.165, 1.54) is 0 Å². The van der Waals surface area contributed by atoms with Gasteiger partial charge in [-0.25, -0.2) is 0 Å². The van der Waals surface area contributed by atoms with Crippen LogP contribution in [0, 0.1) is 0 Å². The number of nitrogens with one attached hydrogen (secondary N) is 1. The van der Waals surface area contributed by atoms with E-state index in [9.17, 15) is 0 Å². The van der Waals surface area contributed by atoms with Crippen molar-refractivity contribution < 1.29 is 13.9 Å². The molecular weight excluding hydrogens is 322 g/mol. The number of ether oxygens (including phenoxy) is 2. The Morgan fingerprint density at radius 2 is 2.24 bits per heavy atom. The number of rotatable bonds is 5. The highest BCUT2D eigenvalue weighted by atomic mass is 16.5. The third-order valence-electron chi connectivity index (χ3n) is 4.09. The van der Waals surface area contributed by atoms with Gasteiger partial charge in [0.25, 0.3) is 5.89 Å². The van der Waals surface area contributed by atoms with Crippen LogP contribution in [0.2, 0.25) is 0 Å². The van der Waals surface area contributed by atoms with Gasteiger partial charge in [-0.05, 0) is 19.1 Å². The standard InChI is InChI=1S/C17H19N5O3/c1-10-4-11-5-14(23-3)6-12(15(11)24-10)7-18-17-21-20-16(25-17)13-8-19-22(2)9-13/h5-6,8-10H,4,7H2,1-3H3,(H,18,21). The normalized spacial score (nSPS) is 15.7. The van der Waals surface area contributed by atoms with E-state index in [4.69, 9.17) is 13.9 Å². The van der Waals surface area contributed by atoms with Crippen LogP contribution in [0.15, 0.2) is 28.9 Å². The molecule has 3 aromatic rings. The predicted octanol–water partition coefficient (Wildman–Crippen LogP) is 2.41. The molecule has 1 N–H and O–H groups in total. The van der Waals surface area contributed by atoms with Crippen molar-refractivity contribution in [2.75, 3.05) is 12.4 Å². The number of hydrogen-bond acceptors (Lipinski definition) is 7. The molecule has 2 aromatic heterocycles. The van der Waals surface area contributed by atoms with Gasteiger partial charge in [0.05, 0.1) is 18.9 Å². The van der Waals surface area contributed by atoms with Gasteiger partial charge in [0.1, 0.15) is 17.6 Å². The fourth-order valence-electron chi connectivity index (χ4n) is 2.94. The summed E-state index contributed by atoms with van der Waals surface area (Å²) in [7, 11) is 3.50. The largest absolute Gasteiger partial charge is 0.497 e. The second-order valence-corrected chi connectivity index (χ2v) is 6.08. The summed E-state index contributed by atoms with van der Waals surface area (Å²) in [6.07, 6.45) is 4.55. The van der Waals surface area contributed by atoms with E-state index in [2.05, 4.69) is 27.5 Å². The Bertz CT molecular complexity index is 902. The summed E-state index contributed by atoms with van der Waals surface area (Å²) in [5.74, 6) is 2.15. The third kappa shape index (κ3) is 3.02. The highest BCUT2D eigenvalue weighted by molar-refractivity contribution is 5.52. The van der Waals surface area contributed by atoms with E-state index in [1.54, 1.807) is 18.0 Å². The lowest BCUT2D eigenvalue weighted by atomic mass is 10.1. The van der Waals surface area contributed by atoms with Gasteiger partial charge in [0.15, 0.2) is 0 Å². The van der Waals surface area contributed by atoms with Gasteiger partial charge in [-0.3, -0.25) is 4.68 Å². The van der Waals surface area contributed by atoms with E-state index in [0.29, 0.717) is 18.5 Å². The van der Waals surface area contributed by atoms with Crippen LogP contribution in [0.5, 0.6) is 11.5 Å². The maximum atomic E-state index is 5.93. The molecule has 1 aromatic carbocycles. The van der Waals surface area contributed by atoms with Crippen LogP contribution in [-0.2, 0) is 20.0 Å². The number of nitrogens with zero attached hydrogens (tertiary/aromatic N) is 4. The molecule has 0 bridgehead atoms. The molecule has 0 saturated heterocycles. The Hall–Kier alpha value is -3.03. The average molecular weight is 341 g/mol. The van der Waals surface area contributed by atoms with Crippen molar-refractivity contribution in [2.45, 2.75) is 26.0 Å². The lowest BCUT2D eigenvalue weighted by Crippen LogP contribution is -2.07. The smallest absolute Gasteiger partial charge is 0.316 e. The minimum Gasteiger partial charge on any atom is -0.497 e. The number of hydrogen-bond donors (Lipinski definition) is 1. The van der Waals surface area contributed by atoms with E-state index in [0.717, 1.165) is 34.6 Å². The van der Waals surface area contributed by atoms with Gasteiger partial charge < -0.3 is 19.2 Å². The minimum absolute atomic E-state index is 0.168. The zero-order valence-electron chi connectivity index (χ0n) is 14.3. The number of benzene rings is 1. The number of methoxy groups -OCH3 is 1. The Morgan fingerprint density at radius 3 is 3.00 bits per heavy atom. The molecule has 1 aliphatic rings. The van der Waals surface area contributed by atoms with Crippen LogP contribution in [-0.4, -0.2) is 33.2 Å². The summed E-state index contributed by atoms with van der Waals surface area (Å²) in [6, 6.07) is 4.33. The molecule has 0 aliphatic carbocycles. The van der Waals surface area contributed by atoms with Crippen LogP contribution in [0.25, 0.3) is 11.5 Å². The molecule has 130 valence electrons. The number of fused-ring (bicyclic) bond motifs is 1. The predicted molar refractivity (Wildman–Crippen MR) is 90.6 cm³/mol. The Labute approximate surface area is 144 Å². The first-order chi connectivity index (χ1) is 12.1. The second-order valence-electron chi connectivity index (χ2n) is 6.08. The van der Waals surface area contributed by atoms with Gasteiger partial charge >= 0.3 is 6.01 Å². The SMILES string of the molecule is COc1cc(CNc2nnc(-c3cnn(C)c3)o2)c2c(c1)CC(C)O2. The first-order valence-electron chi connectivity index (χ1n) is 8.05. The Balaban J connectivity index is 1.52. The van der Waals surface area contributed by atoms with E-state index in [1.807, 2.05) is 25.4 Å². The van der Waals surface area contributed by atoms with Crippen molar-refractivity contribution >= 4 is 6.01 Å². The highest BCUT2D eigenvalue weighted by Gasteiger charge is 2.23. The molecule has 25 heavy (non-hydrogen) atoms. The van der Waals surface area contributed by atoms with Gasteiger partial charge in [-0.1, -0.05) is 5.10 Å². The first-order valence-corrected chi connectivity index (χ1v) is 8.05. The summed E-state index contributed by atoms with van der Waals surface area (Å²) in [5, 5.41) is 15.3. The molecular formula is C17H19N5O3. The summed E-state index contributed by atoms with van der Waals surface area (Å²) < 4.78 is 18.6. The number of anilines is 1. The van der Waals surface area contributed by atoms with Crippen LogP contribution < -0.4 is 14.8 Å². The van der Waals surface area contributed by atoms with Crippen LogP contribution in [0.1, 0.15) is 18.1 Å². The molecule has 3 heterocycles. The molecule has 4 rings (SSSR count). The van der Waals surface area contributed by atoms with Crippen molar-refractivity contribution in [2.24, 2.45) is 7.05 Å². The topological polar surface area (TPSA) is 87.2 Å².